The number of ether oxygens (including phenoxy) is 3. The topological polar surface area (TPSA) is 44.8 Å². The number of carbonyl (C=O) groups excluding carboxylic acids is 1. The van der Waals surface area contributed by atoms with Gasteiger partial charge in [0.05, 0.1) is 25.6 Å². The molecule has 0 aliphatic heterocycles. The van der Waals surface area contributed by atoms with Crippen molar-refractivity contribution in [1.29, 1.82) is 0 Å². The average Bonchev–Trinajstić information content (AvgIpc) is 2.46. The fraction of sp³-hybridized carbons (Fsp3) is 0.588. The molecule has 22 heavy (non-hydrogen) atoms. The van der Waals surface area contributed by atoms with Crippen molar-refractivity contribution < 1.29 is 19.0 Å². The zero-order valence-electron chi connectivity index (χ0n) is 14.1. The van der Waals surface area contributed by atoms with Crippen molar-refractivity contribution in [1.82, 2.24) is 0 Å². The average molecular weight is 326 g/mol. The van der Waals surface area contributed by atoms with E-state index in [1.54, 1.807) is 23.9 Å². The highest BCUT2D eigenvalue weighted by Gasteiger charge is 2.21. The third-order valence-electron chi connectivity index (χ3n) is 2.78. The van der Waals surface area contributed by atoms with E-state index in [-0.39, 0.29) is 5.78 Å². The molecule has 1 aromatic rings. The first-order valence-corrected chi connectivity index (χ1v) is 8.79. The number of thioether (sulfide) groups is 1. The SMILES string of the molecule is CCOc1cc(OCC)c(C(=O)CSC(C)C)c(OCC)c1. The summed E-state index contributed by atoms with van der Waals surface area (Å²) in [6.45, 7) is 11.4. The Labute approximate surface area is 137 Å². The fourth-order valence-corrected chi connectivity index (χ4v) is 2.57. The Bertz CT molecular complexity index is 459. The molecule has 1 aromatic carbocycles. The third-order valence-corrected chi connectivity index (χ3v) is 3.87. The van der Waals surface area contributed by atoms with Crippen LogP contribution in [0.25, 0.3) is 0 Å². The van der Waals surface area contributed by atoms with Crippen LogP contribution in [0.1, 0.15) is 45.0 Å². The molecule has 0 saturated carbocycles. The van der Waals surface area contributed by atoms with Gasteiger partial charge in [0, 0.05) is 12.1 Å². The second-order valence-electron chi connectivity index (χ2n) is 4.88. The number of benzene rings is 1. The lowest BCUT2D eigenvalue weighted by molar-refractivity contribution is 0.101. The van der Waals surface area contributed by atoms with Crippen LogP contribution >= 0.6 is 11.8 Å². The highest BCUT2D eigenvalue weighted by molar-refractivity contribution is 8.00. The quantitative estimate of drug-likeness (QED) is 0.603. The molecular weight excluding hydrogens is 300 g/mol. The molecule has 0 saturated heterocycles. The number of ketones is 1. The van der Waals surface area contributed by atoms with E-state index >= 15 is 0 Å². The van der Waals surface area contributed by atoms with Crippen LogP contribution in [0.5, 0.6) is 17.2 Å². The Balaban J connectivity index is 3.20. The Morgan fingerprint density at radius 2 is 1.50 bits per heavy atom. The molecular formula is C17H26O4S. The summed E-state index contributed by atoms with van der Waals surface area (Å²) in [4.78, 5) is 12.6. The second kappa shape index (κ2) is 9.62. The smallest absolute Gasteiger partial charge is 0.180 e. The van der Waals surface area contributed by atoms with Crippen LogP contribution < -0.4 is 14.2 Å². The number of rotatable bonds is 10. The molecule has 0 radical (unpaired) electrons. The van der Waals surface area contributed by atoms with Crippen LogP contribution in [0.3, 0.4) is 0 Å². The lowest BCUT2D eigenvalue weighted by Crippen LogP contribution is -2.11. The Morgan fingerprint density at radius 1 is 1.00 bits per heavy atom. The van der Waals surface area contributed by atoms with Gasteiger partial charge in [-0.05, 0) is 26.0 Å². The van der Waals surface area contributed by atoms with Gasteiger partial charge in [-0.25, -0.2) is 0 Å². The summed E-state index contributed by atoms with van der Waals surface area (Å²) in [6, 6.07) is 3.53. The van der Waals surface area contributed by atoms with Crippen molar-refractivity contribution in [3.63, 3.8) is 0 Å². The van der Waals surface area contributed by atoms with Gasteiger partial charge in [0.25, 0.3) is 0 Å². The molecule has 0 heterocycles. The minimum Gasteiger partial charge on any atom is -0.494 e. The summed E-state index contributed by atoms with van der Waals surface area (Å²) in [5, 5.41) is 0.401. The van der Waals surface area contributed by atoms with Crippen molar-refractivity contribution in [2.45, 2.75) is 39.9 Å². The molecule has 0 atom stereocenters. The van der Waals surface area contributed by atoms with Gasteiger partial charge >= 0.3 is 0 Å². The lowest BCUT2D eigenvalue weighted by Gasteiger charge is -2.17. The van der Waals surface area contributed by atoms with E-state index in [1.165, 1.54) is 0 Å². The van der Waals surface area contributed by atoms with Crippen LogP contribution in [-0.4, -0.2) is 36.6 Å². The van der Waals surface area contributed by atoms with Gasteiger partial charge in [-0.3, -0.25) is 4.79 Å². The third kappa shape index (κ3) is 5.44. The van der Waals surface area contributed by atoms with Crippen LogP contribution in [-0.2, 0) is 0 Å². The van der Waals surface area contributed by atoms with Gasteiger partial charge in [-0.15, -0.1) is 0 Å². The molecule has 4 nitrogen and oxygen atoms in total. The predicted octanol–water partition coefficient (Wildman–Crippen LogP) is 4.21. The lowest BCUT2D eigenvalue weighted by atomic mass is 10.1. The van der Waals surface area contributed by atoms with Crippen LogP contribution in [0.2, 0.25) is 0 Å². The van der Waals surface area contributed by atoms with Gasteiger partial charge < -0.3 is 14.2 Å². The normalized spacial score (nSPS) is 10.6. The summed E-state index contributed by atoms with van der Waals surface area (Å²) in [6.07, 6.45) is 0. The van der Waals surface area contributed by atoms with Crippen LogP contribution in [0.15, 0.2) is 12.1 Å². The minimum atomic E-state index is 0.0219. The van der Waals surface area contributed by atoms with Crippen molar-refractivity contribution in [3.05, 3.63) is 17.7 Å². The molecule has 0 aliphatic rings. The Hall–Kier alpha value is -1.36. The molecule has 5 heteroatoms. The zero-order chi connectivity index (χ0) is 16.5. The monoisotopic (exact) mass is 326 g/mol. The first-order chi connectivity index (χ1) is 10.5. The van der Waals surface area contributed by atoms with E-state index in [4.69, 9.17) is 14.2 Å². The Kier molecular flexibility index (Phi) is 8.17. The van der Waals surface area contributed by atoms with Crippen molar-refractivity contribution in [2.24, 2.45) is 0 Å². The molecule has 0 spiro atoms. The van der Waals surface area contributed by atoms with Crippen LogP contribution in [0.4, 0.5) is 0 Å². The molecule has 0 fully saturated rings. The number of hydrogen-bond donors (Lipinski definition) is 0. The highest BCUT2D eigenvalue weighted by Crippen LogP contribution is 2.35. The summed E-state index contributed by atoms with van der Waals surface area (Å²) in [5.74, 6) is 2.15. The van der Waals surface area contributed by atoms with Crippen molar-refractivity contribution in [2.75, 3.05) is 25.6 Å². The zero-order valence-corrected chi connectivity index (χ0v) is 14.9. The molecule has 1 rings (SSSR count). The maximum atomic E-state index is 12.6. The summed E-state index contributed by atoms with van der Waals surface area (Å²) < 4.78 is 16.8. The van der Waals surface area contributed by atoms with Gasteiger partial charge in [0.2, 0.25) is 0 Å². The van der Waals surface area contributed by atoms with E-state index in [2.05, 4.69) is 13.8 Å². The summed E-state index contributed by atoms with van der Waals surface area (Å²) >= 11 is 1.61. The van der Waals surface area contributed by atoms with Gasteiger partial charge in [0.1, 0.15) is 22.8 Å². The standard InChI is InChI=1S/C17H26O4S/c1-6-19-13-9-15(20-7-2)17(16(10-13)21-8-3)14(18)11-22-12(4)5/h9-10,12H,6-8,11H2,1-5H3. The molecule has 0 N–H and O–H groups in total. The maximum absolute atomic E-state index is 12.6. The summed E-state index contributed by atoms with van der Waals surface area (Å²) in [7, 11) is 0. The summed E-state index contributed by atoms with van der Waals surface area (Å²) in [5.41, 5.74) is 0.514. The van der Waals surface area contributed by atoms with Crippen LogP contribution in [0, 0.1) is 0 Å². The van der Waals surface area contributed by atoms with E-state index in [9.17, 15) is 4.79 Å². The highest BCUT2D eigenvalue weighted by atomic mass is 32.2. The van der Waals surface area contributed by atoms with E-state index in [0.717, 1.165) is 0 Å². The fourth-order valence-electron chi connectivity index (χ4n) is 1.94. The second-order valence-corrected chi connectivity index (χ2v) is 6.44. The van der Waals surface area contributed by atoms with E-state index in [1.807, 2.05) is 20.8 Å². The van der Waals surface area contributed by atoms with E-state index in [0.29, 0.717) is 53.6 Å². The van der Waals surface area contributed by atoms with Gasteiger partial charge in [-0.2, -0.15) is 11.8 Å². The first-order valence-electron chi connectivity index (χ1n) is 7.74. The minimum absolute atomic E-state index is 0.0219. The molecule has 0 aliphatic carbocycles. The number of carbonyl (C=O) groups is 1. The maximum Gasteiger partial charge on any atom is 0.180 e. The number of Topliss-reactive ketones (excluding diaryl/α,β-unsaturated/α-hetero) is 1. The molecule has 0 unspecified atom stereocenters. The Morgan fingerprint density at radius 3 is 1.91 bits per heavy atom. The van der Waals surface area contributed by atoms with Gasteiger partial charge in [-0.1, -0.05) is 13.8 Å². The largest absolute Gasteiger partial charge is 0.494 e. The van der Waals surface area contributed by atoms with Crippen molar-refractivity contribution in [3.8, 4) is 17.2 Å². The molecule has 124 valence electrons. The van der Waals surface area contributed by atoms with Crippen molar-refractivity contribution >= 4 is 17.5 Å². The molecule has 0 bridgehead atoms. The van der Waals surface area contributed by atoms with Gasteiger partial charge in [0.15, 0.2) is 5.78 Å². The molecule has 0 aromatic heterocycles. The van der Waals surface area contributed by atoms with E-state index < -0.39 is 0 Å². The predicted molar refractivity (Wildman–Crippen MR) is 91.9 cm³/mol. The number of hydrogen-bond acceptors (Lipinski definition) is 5. The molecule has 0 amide bonds. The first kappa shape index (κ1) is 18.7.